The molecule has 0 saturated heterocycles. The molecule has 0 atom stereocenters. The molecule has 0 unspecified atom stereocenters. The maximum Gasteiger partial charge on any atom is 0.155 e. The van der Waals surface area contributed by atoms with E-state index in [2.05, 4.69) is 4.98 Å². The van der Waals surface area contributed by atoms with E-state index in [1.807, 2.05) is 0 Å². The average molecular weight is 181 g/mol. The summed E-state index contributed by atoms with van der Waals surface area (Å²) in [7, 11) is 1.59. The van der Waals surface area contributed by atoms with Gasteiger partial charge in [0.2, 0.25) is 0 Å². The molecule has 0 aliphatic rings. The number of carbonyl (C=O) groups excluding carboxylic acids is 1. The Labute approximate surface area is 76.5 Å². The van der Waals surface area contributed by atoms with Crippen molar-refractivity contribution in [3.63, 3.8) is 0 Å². The summed E-state index contributed by atoms with van der Waals surface area (Å²) in [6.45, 7) is 0.933. The molecule has 0 bridgehead atoms. The predicted octanol–water partition coefficient (Wildman–Crippen LogP) is 0.919. The maximum atomic E-state index is 10.5. The Bertz CT molecular complexity index is 275. The summed E-state index contributed by atoms with van der Waals surface area (Å²) in [5.74, 6) is 0.544. The van der Waals surface area contributed by atoms with Crippen LogP contribution in [-0.4, -0.2) is 31.6 Å². The zero-order valence-corrected chi connectivity index (χ0v) is 7.40. The van der Waals surface area contributed by atoms with Crippen LogP contribution in [0.4, 0.5) is 0 Å². The lowest BCUT2D eigenvalue weighted by Gasteiger charge is -2.06. The van der Waals surface area contributed by atoms with Crippen LogP contribution < -0.4 is 4.74 Å². The van der Waals surface area contributed by atoms with Crippen LogP contribution in [0.1, 0.15) is 10.4 Å². The van der Waals surface area contributed by atoms with Crippen LogP contribution in [0.2, 0.25) is 0 Å². The number of aldehydes is 1. The van der Waals surface area contributed by atoms with Gasteiger partial charge in [0, 0.05) is 19.5 Å². The Balaban J connectivity index is 2.59. The van der Waals surface area contributed by atoms with Crippen LogP contribution in [0, 0.1) is 0 Å². The highest BCUT2D eigenvalue weighted by Crippen LogP contribution is 2.13. The second kappa shape index (κ2) is 5.27. The summed E-state index contributed by atoms with van der Waals surface area (Å²) in [5.41, 5.74) is 0.457. The molecule has 0 aromatic carbocycles. The molecule has 0 spiro atoms. The van der Waals surface area contributed by atoms with Gasteiger partial charge in [0.1, 0.15) is 12.4 Å². The number of aromatic nitrogens is 1. The minimum atomic E-state index is 0.432. The highest BCUT2D eigenvalue weighted by atomic mass is 16.5. The van der Waals surface area contributed by atoms with Crippen LogP contribution in [-0.2, 0) is 4.74 Å². The fraction of sp³-hybridized carbons (Fsp3) is 0.333. The van der Waals surface area contributed by atoms with Gasteiger partial charge in [-0.05, 0) is 6.07 Å². The first kappa shape index (κ1) is 9.67. The second-order valence-electron chi connectivity index (χ2n) is 2.37. The third-order valence-electron chi connectivity index (χ3n) is 1.48. The van der Waals surface area contributed by atoms with E-state index in [1.165, 1.54) is 6.20 Å². The van der Waals surface area contributed by atoms with Gasteiger partial charge in [-0.2, -0.15) is 0 Å². The van der Waals surface area contributed by atoms with Crippen LogP contribution in [0.3, 0.4) is 0 Å². The van der Waals surface area contributed by atoms with E-state index in [-0.39, 0.29) is 0 Å². The van der Waals surface area contributed by atoms with Gasteiger partial charge < -0.3 is 9.47 Å². The predicted molar refractivity (Wildman–Crippen MR) is 47.0 cm³/mol. The average Bonchev–Trinajstić information content (AvgIpc) is 2.19. The van der Waals surface area contributed by atoms with Gasteiger partial charge in [-0.15, -0.1) is 0 Å². The van der Waals surface area contributed by atoms with Crippen molar-refractivity contribution >= 4 is 6.29 Å². The molecule has 70 valence electrons. The zero-order valence-electron chi connectivity index (χ0n) is 7.40. The minimum Gasteiger partial charge on any atom is -0.490 e. The molecule has 4 nitrogen and oxygen atoms in total. The highest BCUT2D eigenvalue weighted by molar-refractivity contribution is 5.78. The number of hydrogen-bond donors (Lipinski definition) is 0. The standard InChI is InChI=1S/C9H11NO3/c1-12-4-5-13-9-2-3-10-6-8(9)7-11/h2-3,6-7H,4-5H2,1H3. The van der Waals surface area contributed by atoms with Gasteiger partial charge in [-0.1, -0.05) is 0 Å². The monoisotopic (exact) mass is 181 g/mol. The van der Waals surface area contributed by atoms with Crippen molar-refractivity contribution in [2.45, 2.75) is 0 Å². The van der Waals surface area contributed by atoms with Crippen molar-refractivity contribution < 1.29 is 14.3 Å². The van der Waals surface area contributed by atoms with Crippen molar-refractivity contribution in [2.24, 2.45) is 0 Å². The number of methoxy groups -OCH3 is 1. The van der Waals surface area contributed by atoms with E-state index in [0.717, 1.165) is 6.29 Å². The topological polar surface area (TPSA) is 48.4 Å². The molecule has 1 aromatic heterocycles. The lowest BCUT2D eigenvalue weighted by Crippen LogP contribution is -2.05. The second-order valence-corrected chi connectivity index (χ2v) is 2.37. The Morgan fingerprint density at radius 3 is 3.08 bits per heavy atom. The first-order chi connectivity index (χ1) is 6.38. The Morgan fingerprint density at radius 1 is 1.54 bits per heavy atom. The van der Waals surface area contributed by atoms with Crippen molar-refractivity contribution in [3.05, 3.63) is 24.0 Å². The number of ether oxygens (including phenoxy) is 2. The van der Waals surface area contributed by atoms with Gasteiger partial charge in [0.25, 0.3) is 0 Å². The smallest absolute Gasteiger partial charge is 0.155 e. The quantitative estimate of drug-likeness (QED) is 0.500. The molecule has 13 heavy (non-hydrogen) atoms. The fourth-order valence-corrected chi connectivity index (χ4v) is 0.849. The largest absolute Gasteiger partial charge is 0.490 e. The van der Waals surface area contributed by atoms with Gasteiger partial charge in [0.05, 0.1) is 12.2 Å². The third-order valence-corrected chi connectivity index (χ3v) is 1.48. The number of hydrogen-bond acceptors (Lipinski definition) is 4. The summed E-state index contributed by atoms with van der Waals surface area (Å²) in [5, 5.41) is 0. The number of carbonyl (C=O) groups is 1. The molecular formula is C9H11NO3. The van der Waals surface area contributed by atoms with Crippen LogP contribution in [0.25, 0.3) is 0 Å². The summed E-state index contributed by atoms with van der Waals surface area (Å²) in [6, 6.07) is 1.65. The molecule has 0 amide bonds. The highest BCUT2D eigenvalue weighted by Gasteiger charge is 2.00. The van der Waals surface area contributed by atoms with Crippen molar-refractivity contribution in [2.75, 3.05) is 20.3 Å². The Hall–Kier alpha value is -1.42. The Kier molecular flexibility index (Phi) is 3.92. The lowest BCUT2D eigenvalue weighted by atomic mass is 10.3. The van der Waals surface area contributed by atoms with E-state index >= 15 is 0 Å². The minimum absolute atomic E-state index is 0.432. The fourth-order valence-electron chi connectivity index (χ4n) is 0.849. The molecule has 4 heteroatoms. The summed E-state index contributed by atoms with van der Waals surface area (Å²) < 4.78 is 10.1. The van der Waals surface area contributed by atoms with E-state index in [0.29, 0.717) is 24.5 Å². The van der Waals surface area contributed by atoms with Crippen LogP contribution in [0.15, 0.2) is 18.5 Å². The SMILES string of the molecule is COCCOc1ccncc1C=O. The number of nitrogens with zero attached hydrogens (tertiary/aromatic N) is 1. The molecular weight excluding hydrogens is 170 g/mol. The number of rotatable bonds is 5. The zero-order chi connectivity index (χ0) is 9.52. The maximum absolute atomic E-state index is 10.5. The molecule has 1 rings (SSSR count). The van der Waals surface area contributed by atoms with Gasteiger partial charge in [0.15, 0.2) is 6.29 Å². The first-order valence-electron chi connectivity index (χ1n) is 3.89. The molecule has 0 fully saturated rings. The van der Waals surface area contributed by atoms with E-state index < -0.39 is 0 Å². The van der Waals surface area contributed by atoms with Crippen LogP contribution in [0.5, 0.6) is 5.75 Å². The van der Waals surface area contributed by atoms with Crippen molar-refractivity contribution in [3.8, 4) is 5.75 Å². The van der Waals surface area contributed by atoms with Crippen molar-refractivity contribution in [1.29, 1.82) is 0 Å². The summed E-state index contributed by atoms with van der Waals surface area (Å²) in [4.78, 5) is 14.3. The van der Waals surface area contributed by atoms with E-state index in [9.17, 15) is 4.79 Å². The molecule has 0 radical (unpaired) electrons. The summed E-state index contributed by atoms with van der Waals surface area (Å²) in [6.07, 6.45) is 3.76. The number of pyridine rings is 1. The first-order valence-corrected chi connectivity index (χ1v) is 3.89. The molecule has 0 aliphatic carbocycles. The normalized spacial score (nSPS) is 9.62. The molecule has 0 saturated carbocycles. The molecule has 1 heterocycles. The third kappa shape index (κ3) is 2.83. The molecule has 0 aliphatic heterocycles. The molecule has 0 N–H and O–H groups in total. The van der Waals surface area contributed by atoms with Crippen molar-refractivity contribution in [1.82, 2.24) is 4.98 Å². The van der Waals surface area contributed by atoms with Gasteiger partial charge in [-0.25, -0.2) is 0 Å². The van der Waals surface area contributed by atoms with Gasteiger partial charge in [-0.3, -0.25) is 9.78 Å². The van der Waals surface area contributed by atoms with E-state index in [4.69, 9.17) is 9.47 Å². The molecule has 1 aromatic rings. The van der Waals surface area contributed by atoms with Crippen LogP contribution >= 0.6 is 0 Å². The Morgan fingerprint density at radius 2 is 2.38 bits per heavy atom. The lowest BCUT2D eigenvalue weighted by molar-refractivity contribution is 0.111. The van der Waals surface area contributed by atoms with E-state index in [1.54, 1.807) is 19.4 Å². The summed E-state index contributed by atoms with van der Waals surface area (Å²) >= 11 is 0. The van der Waals surface area contributed by atoms with Gasteiger partial charge >= 0.3 is 0 Å².